The highest BCUT2D eigenvalue weighted by Crippen LogP contribution is 2.21. The predicted octanol–water partition coefficient (Wildman–Crippen LogP) is 1.74. The van der Waals surface area contributed by atoms with Gasteiger partial charge < -0.3 is 5.73 Å². The number of halogens is 1. The molecule has 0 aromatic carbocycles. The van der Waals surface area contributed by atoms with Crippen molar-refractivity contribution in [2.24, 2.45) is 5.73 Å². The zero-order chi connectivity index (χ0) is 21.0. The number of Topliss-reactive ketones (excluding diaryl/α,β-unsaturated/α-hetero) is 1. The Hall–Kier alpha value is -3.46. The normalized spacial score (nSPS) is 11.7. The first-order valence-electron chi connectivity index (χ1n) is 8.97. The average Bonchev–Trinajstić information content (AvgIpc) is 3.05. The molecule has 3 rings (SSSR count). The largest absolute Gasteiger partial charge is 0.350 e. The lowest BCUT2D eigenvalue weighted by Gasteiger charge is -2.08. The van der Waals surface area contributed by atoms with E-state index < -0.39 is 5.69 Å². The SMILES string of the molecule is CC(=O)Cc1cc(-c2cc(C)c(-n3cnn(C/C(=C/F)CN)c3=O)cn2)ccn1. The molecule has 150 valence electrons. The molecule has 0 aliphatic carbocycles. The van der Waals surface area contributed by atoms with Gasteiger partial charge in [-0.1, -0.05) is 0 Å². The molecule has 0 bridgehead atoms. The van der Waals surface area contributed by atoms with Crippen LogP contribution in [0.15, 0.2) is 53.6 Å². The van der Waals surface area contributed by atoms with Gasteiger partial charge in [-0.3, -0.25) is 14.8 Å². The maximum absolute atomic E-state index is 12.7. The van der Waals surface area contributed by atoms with Crippen molar-refractivity contribution in [1.82, 2.24) is 24.3 Å². The van der Waals surface area contributed by atoms with Gasteiger partial charge >= 0.3 is 5.69 Å². The van der Waals surface area contributed by atoms with Crippen LogP contribution < -0.4 is 11.4 Å². The minimum atomic E-state index is -0.414. The van der Waals surface area contributed by atoms with Crippen LogP contribution >= 0.6 is 0 Å². The second-order valence-corrected chi connectivity index (χ2v) is 6.68. The van der Waals surface area contributed by atoms with E-state index in [0.717, 1.165) is 15.8 Å². The topological polar surface area (TPSA) is 109 Å². The first-order valence-corrected chi connectivity index (χ1v) is 8.97. The molecular weight excluding hydrogens is 375 g/mol. The van der Waals surface area contributed by atoms with E-state index in [9.17, 15) is 14.0 Å². The second-order valence-electron chi connectivity index (χ2n) is 6.68. The van der Waals surface area contributed by atoms with Crippen LogP contribution in [0, 0.1) is 6.92 Å². The molecule has 3 aromatic rings. The number of ketones is 1. The van der Waals surface area contributed by atoms with Crippen LogP contribution in [0.3, 0.4) is 0 Å². The van der Waals surface area contributed by atoms with Crippen molar-refractivity contribution in [3.63, 3.8) is 0 Å². The van der Waals surface area contributed by atoms with Gasteiger partial charge in [0.1, 0.15) is 12.1 Å². The molecule has 9 heteroatoms. The molecule has 0 aliphatic heterocycles. The minimum absolute atomic E-state index is 0.00261. The Kier molecular flexibility index (Phi) is 6.08. The first kappa shape index (κ1) is 20.3. The van der Waals surface area contributed by atoms with Gasteiger partial charge in [0, 0.05) is 30.4 Å². The van der Waals surface area contributed by atoms with Gasteiger partial charge in [-0.25, -0.2) is 18.4 Å². The lowest BCUT2D eigenvalue weighted by molar-refractivity contribution is -0.116. The second kappa shape index (κ2) is 8.70. The molecule has 0 saturated heterocycles. The zero-order valence-electron chi connectivity index (χ0n) is 16.2. The number of carbonyl (C=O) groups excluding carboxylic acids is 1. The summed E-state index contributed by atoms with van der Waals surface area (Å²) in [6.45, 7) is 3.36. The predicted molar refractivity (Wildman–Crippen MR) is 106 cm³/mol. The molecule has 0 atom stereocenters. The lowest BCUT2D eigenvalue weighted by Crippen LogP contribution is -2.26. The smallest absolute Gasteiger partial charge is 0.327 e. The van der Waals surface area contributed by atoms with Gasteiger partial charge in [-0.2, -0.15) is 5.10 Å². The summed E-state index contributed by atoms with van der Waals surface area (Å²) in [5.41, 5.74) is 8.87. The number of aromatic nitrogens is 5. The molecule has 0 unspecified atom stereocenters. The fourth-order valence-corrected chi connectivity index (χ4v) is 2.89. The van der Waals surface area contributed by atoms with Crippen molar-refractivity contribution in [3.05, 3.63) is 70.6 Å². The van der Waals surface area contributed by atoms with Crippen LogP contribution in [0.2, 0.25) is 0 Å². The summed E-state index contributed by atoms with van der Waals surface area (Å²) < 4.78 is 15.2. The number of carbonyl (C=O) groups is 1. The van der Waals surface area contributed by atoms with E-state index in [0.29, 0.717) is 23.4 Å². The van der Waals surface area contributed by atoms with Crippen molar-refractivity contribution >= 4 is 5.78 Å². The van der Waals surface area contributed by atoms with E-state index in [1.807, 2.05) is 25.1 Å². The van der Waals surface area contributed by atoms with Gasteiger partial charge in [-0.05, 0) is 43.2 Å². The molecular formula is C20H21FN6O2. The lowest BCUT2D eigenvalue weighted by atomic mass is 10.1. The van der Waals surface area contributed by atoms with Crippen LogP contribution in [0.4, 0.5) is 4.39 Å². The van der Waals surface area contributed by atoms with Crippen LogP contribution in [0.5, 0.6) is 0 Å². The van der Waals surface area contributed by atoms with Crippen molar-refractivity contribution in [1.29, 1.82) is 0 Å². The van der Waals surface area contributed by atoms with E-state index in [-0.39, 0.29) is 30.9 Å². The number of hydrogen-bond donors (Lipinski definition) is 1. The van der Waals surface area contributed by atoms with Gasteiger partial charge in [0.15, 0.2) is 0 Å². The third kappa shape index (κ3) is 4.52. The Morgan fingerprint density at radius 1 is 1.31 bits per heavy atom. The third-order valence-electron chi connectivity index (χ3n) is 4.39. The summed E-state index contributed by atoms with van der Waals surface area (Å²) in [4.78, 5) is 32.6. The van der Waals surface area contributed by atoms with Crippen molar-refractivity contribution in [2.45, 2.75) is 26.8 Å². The number of rotatable bonds is 7. The van der Waals surface area contributed by atoms with Gasteiger partial charge in [0.25, 0.3) is 0 Å². The Labute approximate surface area is 166 Å². The van der Waals surface area contributed by atoms with E-state index >= 15 is 0 Å². The standard InChI is InChI=1S/C20H21FN6O2/c1-13-5-18(16-3-4-23-17(7-16)6-14(2)28)24-10-19(13)26-12-25-27(20(26)29)11-15(8-21)9-22/h3-5,7-8,10,12H,6,9,11,22H2,1-2H3/b15-8+. The van der Waals surface area contributed by atoms with E-state index in [4.69, 9.17) is 5.73 Å². The molecule has 0 spiro atoms. The van der Waals surface area contributed by atoms with Crippen LogP contribution in [0.25, 0.3) is 16.9 Å². The van der Waals surface area contributed by atoms with Gasteiger partial charge in [-0.15, -0.1) is 0 Å². The zero-order valence-corrected chi connectivity index (χ0v) is 16.2. The van der Waals surface area contributed by atoms with Crippen LogP contribution in [-0.4, -0.2) is 36.6 Å². The molecule has 0 aliphatic rings. The molecule has 3 aromatic heterocycles. The minimum Gasteiger partial charge on any atom is -0.327 e. The molecule has 8 nitrogen and oxygen atoms in total. The number of hydrogen-bond acceptors (Lipinski definition) is 6. The highest BCUT2D eigenvalue weighted by molar-refractivity contribution is 5.78. The summed E-state index contributed by atoms with van der Waals surface area (Å²) in [5, 5.41) is 4.02. The Morgan fingerprint density at radius 3 is 2.76 bits per heavy atom. The Balaban J connectivity index is 1.92. The fraction of sp³-hybridized carbons (Fsp3) is 0.250. The molecule has 0 amide bonds. The van der Waals surface area contributed by atoms with Crippen molar-refractivity contribution in [3.8, 4) is 16.9 Å². The van der Waals surface area contributed by atoms with Gasteiger partial charge in [0.05, 0.1) is 30.5 Å². The summed E-state index contributed by atoms with van der Waals surface area (Å²) in [6, 6.07) is 5.48. The summed E-state index contributed by atoms with van der Waals surface area (Å²) in [5.74, 6) is 0.0333. The number of nitrogens with two attached hydrogens (primary N) is 1. The molecule has 0 saturated carbocycles. The maximum Gasteiger partial charge on any atom is 0.350 e. The highest BCUT2D eigenvalue weighted by Gasteiger charge is 2.12. The summed E-state index contributed by atoms with van der Waals surface area (Å²) in [7, 11) is 0. The molecule has 29 heavy (non-hydrogen) atoms. The molecule has 2 N–H and O–H groups in total. The molecule has 0 radical (unpaired) electrons. The average molecular weight is 396 g/mol. The van der Waals surface area contributed by atoms with Crippen molar-refractivity contribution in [2.75, 3.05) is 6.54 Å². The first-order chi connectivity index (χ1) is 13.9. The maximum atomic E-state index is 12.7. The highest BCUT2D eigenvalue weighted by atomic mass is 19.1. The number of nitrogens with zero attached hydrogens (tertiary/aromatic N) is 5. The Morgan fingerprint density at radius 2 is 2.10 bits per heavy atom. The number of pyridine rings is 2. The van der Waals surface area contributed by atoms with Crippen LogP contribution in [0.1, 0.15) is 18.2 Å². The van der Waals surface area contributed by atoms with E-state index in [1.54, 1.807) is 12.4 Å². The van der Waals surface area contributed by atoms with Gasteiger partial charge in [0.2, 0.25) is 0 Å². The van der Waals surface area contributed by atoms with E-state index in [2.05, 4.69) is 15.1 Å². The Bertz CT molecular complexity index is 1130. The fourth-order valence-electron chi connectivity index (χ4n) is 2.89. The summed E-state index contributed by atoms with van der Waals surface area (Å²) in [6.07, 6.45) is 5.24. The van der Waals surface area contributed by atoms with Crippen LogP contribution in [-0.2, 0) is 17.8 Å². The molecule has 3 heterocycles. The van der Waals surface area contributed by atoms with Crippen molar-refractivity contribution < 1.29 is 9.18 Å². The van der Waals surface area contributed by atoms with E-state index in [1.165, 1.54) is 17.8 Å². The summed E-state index contributed by atoms with van der Waals surface area (Å²) >= 11 is 0. The number of aryl methyl sites for hydroxylation is 1. The molecule has 0 fully saturated rings. The third-order valence-corrected chi connectivity index (χ3v) is 4.39. The quantitative estimate of drug-likeness (QED) is 0.652. The monoisotopic (exact) mass is 396 g/mol.